The van der Waals surface area contributed by atoms with E-state index in [9.17, 15) is 4.79 Å². The first-order valence-corrected chi connectivity index (χ1v) is 5.74. The number of carbonyl (C=O) groups excluding carboxylic acids is 1. The summed E-state index contributed by atoms with van der Waals surface area (Å²) in [5.41, 5.74) is 8.56. The lowest BCUT2D eigenvalue weighted by Crippen LogP contribution is -2.08. The summed E-state index contributed by atoms with van der Waals surface area (Å²) in [6.07, 6.45) is 0. The molecule has 0 aliphatic carbocycles. The lowest BCUT2D eigenvalue weighted by Gasteiger charge is -2.07. The molecule has 2 N–H and O–H groups in total. The summed E-state index contributed by atoms with van der Waals surface area (Å²) < 4.78 is 5.23. The summed E-state index contributed by atoms with van der Waals surface area (Å²) in [7, 11) is 0. The van der Waals surface area contributed by atoms with Gasteiger partial charge in [-0.05, 0) is 24.6 Å². The molecule has 0 amide bonds. The third kappa shape index (κ3) is 2.88. The minimum absolute atomic E-state index is 0.257. The molecule has 2 rings (SSSR count). The fourth-order valence-electron chi connectivity index (χ4n) is 1.65. The van der Waals surface area contributed by atoms with Gasteiger partial charge in [0.15, 0.2) is 0 Å². The van der Waals surface area contributed by atoms with E-state index in [4.69, 9.17) is 10.5 Å². The Bertz CT molecular complexity index is 550. The first-order valence-electron chi connectivity index (χ1n) is 5.74. The third-order valence-corrected chi connectivity index (χ3v) is 2.64. The minimum atomic E-state index is -0.389. The van der Waals surface area contributed by atoms with Crippen LogP contribution in [0.4, 0.5) is 5.69 Å². The van der Waals surface area contributed by atoms with Crippen molar-refractivity contribution in [1.29, 1.82) is 0 Å². The Morgan fingerprint density at radius 2 is 1.89 bits per heavy atom. The number of benzene rings is 2. The Hall–Kier alpha value is -2.29. The highest BCUT2D eigenvalue weighted by Gasteiger charge is 2.11. The molecule has 0 unspecified atom stereocenters. The van der Waals surface area contributed by atoms with Gasteiger partial charge in [-0.2, -0.15) is 0 Å². The summed E-state index contributed by atoms with van der Waals surface area (Å²) in [6, 6.07) is 14.9. The molecule has 0 bridgehead atoms. The van der Waals surface area contributed by atoms with Crippen molar-refractivity contribution in [3.05, 3.63) is 65.2 Å². The quantitative estimate of drug-likeness (QED) is 0.664. The number of hydrogen-bond acceptors (Lipinski definition) is 3. The zero-order valence-corrected chi connectivity index (χ0v) is 10.2. The molecule has 0 saturated heterocycles. The number of ether oxygens (including phenoxy) is 1. The summed E-state index contributed by atoms with van der Waals surface area (Å²) >= 11 is 0. The third-order valence-electron chi connectivity index (χ3n) is 2.64. The molecular formula is C15H15NO2. The maximum absolute atomic E-state index is 11.9. The van der Waals surface area contributed by atoms with Crippen LogP contribution in [0.25, 0.3) is 0 Å². The first-order chi connectivity index (χ1) is 8.66. The summed E-state index contributed by atoms with van der Waals surface area (Å²) in [6.45, 7) is 2.17. The van der Waals surface area contributed by atoms with Crippen LogP contribution in [0.15, 0.2) is 48.5 Å². The van der Waals surface area contributed by atoms with E-state index in [1.807, 2.05) is 43.3 Å². The van der Waals surface area contributed by atoms with E-state index in [-0.39, 0.29) is 12.6 Å². The summed E-state index contributed by atoms with van der Waals surface area (Å²) in [5, 5.41) is 0. The molecule has 0 heterocycles. The molecular weight excluding hydrogens is 226 g/mol. The van der Waals surface area contributed by atoms with E-state index in [0.717, 1.165) is 11.1 Å². The maximum atomic E-state index is 11.9. The number of aryl methyl sites for hydroxylation is 1. The second-order valence-corrected chi connectivity index (χ2v) is 4.15. The minimum Gasteiger partial charge on any atom is -0.457 e. The first kappa shape index (κ1) is 12.2. The second kappa shape index (κ2) is 5.36. The SMILES string of the molecule is Cc1ccc(N)c(C(=O)OCc2ccccc2)c1. The highest BCUT2D eigenvalue weighted by molar-refractivity contribution is 5.95. The van der Waals surface area contributed by atoms with Crippen LogP contribution in [-0.2, 0) is 11.3 Å². The molecule has 0 aliphatic rings. The molecule has 2 aromatic rings. The highest BCUT2D eigenvalue weighted by atomic mass is 16.5. The van der Waals surface area contributed by atoms with Gasteiger partial charge in [-0.1, -0.05) is 42.0 Å². The van der Waals surface area contributed by atoms with E-state index >= 15 is 0 Å². The number of esters is 1. The Balaban J connectivity index is 2.06. The van der Waals surface area contributed by atoms with E-state index in [2.05, 4.69) is 0 Å². The van der Waals surface area contributed by atoms with Crippen LogP contribution in [0.1, 0.15) is 21.5 Å². The van der Waals surface area contributed by atoms with Crippen molar-refractivity contribution < 1.29 is 9.53 Å². The number of anilines is 1. The zero-order valence-electron chi connectivity index (χ0n) is 10.2. The smallest absolute Gasteiger partial charge is 0.340 e. The normalized spacial score (nSPS) is 10.1. The molecule has 92 valence electrons. The number of hydrogen-bond donors (Lipinski definition) is 1. The van der Waals surface area contributed by atoms with Crippen molar-refractivity contribution in [2.75, 3.05) is 5.73 Å². The molecule has 18 heavy (non-hydrogen) atoms. The van der Waals surface area contributed by atoms with Gasteiger partial charge in [-0.15, -0.1) is 0 Å². The summed E-state index contributed by atoms with van der Waals surface area (Å²) in [5.74, 6) is -0.389. The van der Waals surface area contributed by atoms with Crippen LogP contribution in [-0.4, -0.2) is 5.97 Å². The lowest BCUT2D eigenvalue weighted by atomic mass is 10.1. The van der Waals surface area contributed by atoms with Gasteiger partial charge in [0.1, 0.15) is 6.61 Å². The van der Waals surface area contributed by atoms with Crippen molar-refractivity contribution in [2.45, 2.75) is 13.5 Å². The highest BCUT2D eigenvalue weighted by Crippen LogP contribution is 2.15. The Morgan fingerprint density at radius 3 is 2.61 bits per heavy atom. The zero-order chi connectivity index (χ0) is 13.0. The van der Waals surface area contributed by atoms with Crippen molar-refractivity contribution in [3.63, 3.8) is 0 Å². The van der Waals surface area contributed by atoms with Gasteiger partial charge < -0.3 is 10.5 Å². The number of carbonyl (C=O) groups is 1. The van der Waals surface area contributed by atoms with Gasteiger partial charge in [0.05, 0.1) is 5.56 Å². The molecule has 0 saturated carbocycles. The second-order valence-electron chi connectivity index (χ2n) is 4.15. The molecule has 0 spiro atoms. The lowest BCUT2D eigenvalue weighted by molar-refractivity contribution is 0.0474. The largest absolute Gasteiger partial charge is 0.457 e. The molecule has 0 radical (unpaired) electrons. The summed E-state index contributed by atoms with van der Waals surface area (Å²) in [4.78, 5) is 11.9. The van der Waals surface area contributed by atoms with E-state index < -0.39 is 0 Å². The average molecular weight is 241 g/mol. The predicted octanol–water partition coefficient (Wildman–Crippen LogP) is 2.93. The molecule has 0 atom stereocenters. The van der Waals surface area contributed by atoms with E-state index in [1.54, 1.807) is 12.1 Å². The van der Waals surface area contributed by atoms with Crippen molar-refractivity contribution in [2.24, 2.45) is 0 Å². The predicted molar refractivity (Wildman–Crippen MR) is 71.2 cm³/mol. The van der Waals surface area contributed by atoms with Crippen LogP contribution < -0.4 is 5.73 Å². The van der Waals surface area contributed by atoms with Gasteiger partial charge in [0.25, 0.3) is 0 Å². The number of nitrogen functional groups attached to an aromatic ring is 1. The standard InChI is InChI=1S/C15H15NO2/c1-11-7-8-14(16)13(9-11)15(17)18-10-12-5-3-2-4-6-12/h2-9H,10,16H2,1H3. The Labute approximate surface area is 106 Å². The average Bonchev–Trinajstić information content (AvgIpc) is 2.40. The molecule has 3 heteroatoms. The van der Waals surface area contributed by atoms with Crippen molar-refractivity contribution >= 4 is 11.7 Å². The van der Waals surface area contributed by atoms with Crippen LogP contribution >= 0.6 is 0 Å². The molecule has 0 fully saturated rings. The van der Waals surface area contributed by atoms with Crippen molar-refractivity contribution in [3.8, 4) is 0 Å². The Morgan fingerprint density at radius 1 is 1.17 bits per heavy atom. The van der Waals surface area contributed by atoms with Crippen molar-refractivity contribution in [1.82, 2.24) is 0 Å². The maximum Gasteiger partial charge on any atom is 0.340 e. The fraction of sp³-hybridized carbons (Fsp3) is 0.133. The number of nitrogens with two attached hydrogens (primary N) is 1. The molecule has 3 nitrogen and oxygen atoms in total. The van der Waals surface area contributed by atoms with Gasteiger partial charge in [0.2, 0.25) is 0 Å². The van der Waals surface area contributed by atoms with Gasteiger partial charge in [-0.3, -0.25) is 0 Å². The van der Waals surface area contributed by atoms with E-state index in [1.165, 1.54) is 0 Å². The van der Waals surface area contributed by atoms with Gasteiger partial charge >= 0.3 is 5.97 Å². The van der Waals surface area contributed by atoms with Crippen LogP contribution in [0, 0.1) is 6.92 Å². The molecule has 2 aromatic carbocycles. The van der Waals surface area contributed by atoms with Crippen LogP contribution in [0.2, 0.25) is 0 Å². The monoisotopic (exact) mass is 241 g/mol. The van der Waals surface area contributed by atoms with Gasteiger partial charge in [0, 0.05) is 5.69 Å². The Kier molecular flexibility index (Phi) is 3.63. The number of rotatable bonds is 3. The van der Waals surface area contributed by atoms with E-state index in [0.29, 0.717) is 11.3 Å². The molecule has 0 aliphatic heterocycles. The van der Waals surface area contributed by atoms with Crippen LogP contribution in [0.5, 0.6) is 0 Å². The van der Waals surface area contributed by atoms with Gasteiger partial charge in [-0.25, -0.2) is 4.79 Å². The molecule has 0 aromatic heterocycles. The fourth-order valence-corrected chi connectivity index (χ4v) is 1.65. The van der Waals surface area contributed by atoms with Crippen LogP contribution in [0.3, 0.4) is 0 Å². The topological polar surface area (TPSA) is 52.3 Å².